The van der Waals surface area contributed by atoms with Crippen LogP contribution in [0, 0.1) is 0 Å². The molecule has 0 aromatic carbocycles. The molecule has 6 heteroatoms. The van der Waals surface area contributed by atoms with Gasteiger partial charge in [-0.2, -0.15) is 0 Å². The molecule has 1 heterocycles. The maximum Gasteiger partial charge on any atom is 0.218 e. The third-order valence-corrected chi connectivity index (χ3v) is 5.31. The molecule has 0 bridgehead atoms. The lowest BCUT2D eigenvalue weighted by Crippen LogP contribution is -2.55. The third-order valence-electron chi connectivity index (χ3n) is 3.10. The van der Waals surface area contributed by atoms with E-state index in [2.05, 4.69) is 4.72 Å². The van der Waals surface area contributed by atoms with Gasteiger partial charge in [0.1, 0.15) is 0 Å². The Hall–Kier alpha value is -0.170. The van der Waals surface area contributed by atoms with E-state index in [1.54, 1.807) is 0 Å². The number of rotatable bonds is 4. The third kappa shape index (κ3) is 1.56. The first-order chi connectivity index (χ1) is 6.49. The normalized spacial score (nSPS) is 27.3. The Morgan fingerprint density at radius 3 is 2.43 bits per heavy atom. The molecule has 1 aliphatic carbocycles. The Morgan fingerprint density at radius 2 is 2.07 bits per heavy atom. The molecule has 0 atom stereocenters. The molecule has 0 unspecified atom stereocenters. The van der Waals surface area contributed by atoms with Crippen molar-refractivity contribution >= 4 is 10.0 Å². The second-order valence-electron chi connectivity index (χ2n) is 4.24. The zero-order valence-corrected chi connectivity index (χ0v) is 9.05. The Balaban J connectivity index is 1.97. The Morgan fingerprint density at radius 1 is 1.50 bits per heavy atom. The number of aliphatic hydroxyl groups is 1. The molecule has 0 aromatic heterocycles. The lowest BCUT2D eigenvalue weighted by atomic mass is 10.1. The van der Waals surface area contributed by atoms with Crippen molar-refractivity contribution in [2.75, 3.05) is 26.7 Å². The number of hydrogen-bond donors (Lipinski definition) is 2. The smallest absolute Gasteiger partial charge is 0.218 e. The first kappa shape index (κ1) is 10.4. The summed E-state index contributed by atoms with van der Waals surface area (Å²) < 4.78 is 25.1. The molecule has 5 nitrogen and oxygen atoms in total. The molecular formula is C8H16N2O3S. The molecule has 0 radical (unpaired) electrons. The lowest BCUT2D eigenvalue weighted by molar-refractivity contribution is 0.00119. The summed E-state index contributed by atoms with van der Waals surface area (Å²) in [5.74, 6) is 0. The lowest BCUT2D eigenvalue weighted by Gasteiger charge is -2.38. The summed E-state index contributed by atoms with van der Waals surface area (Å²) in [6.45, 7) is 1.79. The molecule has 2 N–H and O–H groups in total. The number of aliphatic hydroxyl groups excluding tert-OH is 1. The fourth-order valence-electron chi connectivity index (χ4n) is 1.95. The van der Waals surface area contributed by atoms with Crippen molar-refractivity contribution in [3.05, 3.63) is 0 Å². The Kier molecular flexibility index (Phi) is 2.34. The number of nitrogens with zero attached hydrogens (tertiary/aromatic N) is 1. The van der Waals surface area contributed by atoms with E-state index in [0.29, 0.717) is 19.6 Å². The zero-order chi connectivity index (χ0) is 10.4. The quantitative estimate of drug-likeness (QED) is 0.621. The molecule has 0 aromatic rings. The van der Waals surface area contributed by atoms with Gasteiger partial charge in [0.15, 0.2) is 0 Å². The van der Waals surface area contributed by atoms with Crippen molar-refractivity contribution in [3.8, 4) is 0 Å². The van der Waals surface area contributed by atoms with E-state index in [0.717, 1.165) is 12.8 Å². The van der Waals surface area contributed by atoms with Gasteiger partial charge in [-0.25, -0.2) is 13.1 Å². The molecule has 1 saturated carbocycles. The van der Waals surface area contributed by atoms with Crippen LogP contribution in [0.5, 0.6) is 0 Å². The van der Waals surface area contributed by atoms with Crippen LogP contribution in [0.15, 0.2) is 0 Å². The summed E-state index contributed by atoms with van der Waals surface area (Å²) in [5, 5.41) is 9.09. The Bertz CT molecular complexity index is 317. The van der Waals surface area contributed by atoms with Gasteiger partial charge in [0.05, 0.1) is 10.9 Å². The van der Waals surface area contributed by atoms with Crippen molar-refractivity contribution in [2.24, 2.45) is 0 Å². The minimum Gasteiger partial charge on any atom is -0.390 e. The standard InChI is InChI=1S/C8H16N2O3S/c1-9-14(12,13)8(2-3-8)6-10-4-7(11)5-10/h7,9,11H,2-6H2,1H3. The predicted molar refractivity (Wildman–Crippen MR) is 52.4 cm³/mol. The second kappa shape index (κ2) is 3.16. The van der Waals surface area contributed by atoms with Crippen LogP contribution in [-0.4, -0.2) is 56.0 Å². The minimum absolute atomic E-state index is 0.261. The summed E-state index contributed by atoms with van der Waals surface area (Å²) in [6.07, 6.45) is 1.22. The van der Waals surface area contributed by atoms with Gasteiger partial charge in [-0.3, -0.25) is 4.90 Å². The van der Waals surface area contributed by atoms with Crippen molar-refractivity contribution in [2.45, 2.75) is 23.7 Å². The summed E-state index contributed by atoms with van der Waals surface area (Å²) >= 11 is 0. The molecule has 1 aliphatic heterocycles. The maximum absolute atomic E-state index is 11.6. The number of hydrogen-bond acceptors (Lipinski definition) is 4. The molecule has 2 rings (SSSR count). The summed E-state index contributed by atoms with van der Waals surface area (Å²) in [5.41, 5.74) is 0. The van der Waals surface area contributed by atoms with E-state index in [9.17, 15) is 8.42 Å². The molecule has 14 heavy (non-hydrogen) atoms. The van der Waals surface area contributed by atoms with E-state index in [4.69, 9.17) is 5.11 Å². The van der Waals surface area contributed by atoms with Crippen molar-refractivity contribution in [1.29, 1.82) is 0 Å². The van der Waals surface area contributed by atoms with E-state index in [1.807, 2.05) is 4.90 Å². The number of nitrogens with one attached hydrogen (secondary N) is 1. The molecule has 0 spiro atoms. The topological polar surface area (TPSA) is 69.6 Å². The van der Waals surface area contributed by atoms with Crippen LogP contribution in [0.2, 0.25) is 0 Å². The van der Waals surface area contributed by atoms with E-state index < -0.39 is 14.8 Å². The van der Waals surface area contributed by atoms with Crippen LogP contribution in [0.3, 0.4) is 0 Å². The van der Waals surface area contributed by atoms with Gasteiger partial charge in [0.25, 0.3) is 0 Å². The van der Waals surface area contributed by atoms with E-state index in [1.165, 1.54) is 7.05 Å². The van der Waals surface area contributed by atoms with Crippen LogP contribution in [0.1, 0.15) is 12.8 Å². The van der Waals surface area contributed by atoms with Gasteiger partial charge in [-0.1, -0.05) is 0 Å². The van der Waals surface area contributed by atoms with Crippen molar-refractivity contribution in [3.63, 3.8) is 0 Å². The van der Waals surface area contributed by atoms with Crippen LogP contribution < -0.4 is 4.72 Å². The SMILES string of the molecule is CNS(=O)(=O)C1(CN2CC(O)C2)CC1. The van der Waals surface area contributed by atoms with Crippen molar-refractivity contribution < 1.29 is 13.5 Å². The molecule has 82 valence electrons. The average molecular weight is 220 g/mol. The predicted octanol–water partition coefficient (Wildman–Crippen LogP) is -1.26. The molecule has 2 fully saturated rings. The zero-order valence-electron chi connectivity index (χ0n) is 8.23. The van der Waals surface area contributed by atoms with Gasteiger partial charge >= 0.3 is 0 Å². The van der Waals surface area contributed by atoms with Crippen LogP contribution >= 0.6 is 0 Å². The Labute approximate surface area is 84.1 Å². The fourth-order valence-corrected chi connectivity index (χ4v) is 3.37. The van der Waals surface area contributed by atoms with Gasteiger partial charge < -0.3 is 5.11 Å². The van der Waals surface area contributed by atoms with E-state index >= 15 is 0 Å². The molecular weight excluding hydrogens is 204 g/mol. The monoisotopic (exact) mass is 220 g/mol. The molecule has 2 aliphatic rings. The van der Waals surface area contributed by atoms with Gasteiger partial charge in [0.2, 0.25) is 10.0 Å². The van der Waals surface area contributed by atoms with Gasteiger partial charge in [-0.05, 0) is 19.9 Å². The highest BCUT2D eigenvalue weighted by Crippen LogP contribution is 2.44. The van der Waals surface area contributed by atoms with Gasteiger partial charge in [-0.15, -0.1) is 0 Å². The average Bonchev–Trinajstić information content (AvgIpc) is 2.83. The summed E-state index contributed by atoms with van der Waals surface area (Å²) in [4.78, 5) is 1.99. The highest BCUT2D eigenvalue weighted by molar-refractivity contribution is 7.91. The second-order valence-corrected chi connectivity index (χ2v) is 6.52. The number of likely N-dealkylation sites (tertiary alicyclic amines) is 1. The number of sulfonamides is 1. The van der Waals surface area contributed by atoms with Crippen LogP contribution in [-0.2, 0) is 10.0 Å². The largest absolute Gasteiger partial charge is 0.390 e. The molecule has 1 saturated heterocycles. The van der Waals surface area contributed by atoms with Gasteiger partial charge in [0, 0.05) is 19.6 Å². The minimum atomic E-state index is -3.15. The number of β-amino-alcohol motifs (C(OH)–C–C–N with tert-alkyl or cyclic N) is 1. The highest BCUT2D eigenvalue weighted by atomic mass is 32.2. The van der Waals surface area contributed by atoms with Crippen LogP contribution in [0.25, 0.3) is 0 Å². The van der Waals surface area contributed by atoms with E-state index in [-0.39, 0.29) is 6.10 Å². The van der Waals surface area contributed by atoms with Crippen LogP contribution in [0.4, 0.5) is 0 Å². The van der Waals surface area contributed by atoms with Crippen molar-refractivity contribution in [1.82, 2.24) is 9.62 Å². The maximum atomic E-state index is 11.6. The first-order valence-electron chi connectivity index (χ1n) is 4.83. The first-order valence-corrected chi connectivity index (χ1v) is 6.31. The highest BCUT2D eigenvalue weighted by Gasteiger charge is 2.55. The summed E-state index contributed by atoms with van der Waals surface area (Å²) in [6, 6.07) is 0. The molecule has 0 amide bonds. The summed E-state index contributed by atoms with van der Waals surface area (Å²) in [7, 11) is -1.69. The fraction of sp³-hybridized carbons (Fsp3) is 1.00.